The van der Waals surface area contributed by atoms with Gasteiger partial charge in [-0.3, -0.25) is 9.59 Å². The fraction of sp³-hybridized carbons (Fsp3) is 0.333. The molecule has 1 saturated heterocycles. The zero-order valence-corrected chi connectivity index (χ0v) is 16.2. The van der Waals surface area contributed by atoms with Gasteiger partial charge in [0.05, 0.1) is 6.61 Å². The summed E-state index contributed by atoms with van der Waals surface area (Å²) in [5, 5.41) is 2.71. The van der Waals surface area contributed by atoms with E-state index in [9.17, 15) is 22.8 Å². The van der Waals surface area contributed by atoms with Gasteiger partial charge < -0.3 is 19.7 Å². The molecule has 1 heterocycles. The molecule has 0 saturated carbocycles. The smallest absolute Gasteiger partial charge is 0.406 e. The third-order valence-electron chi connectivity index (χ3n) is 4.60. The summed E-state index contributed by atoms with van der Waals surface area (Å²) in [6.45, 7) is 2.32. The van der Waals surface area contributed by atoms with Crippen molar-refractivity contribution >= 4 is 11.8 Å². The molecule has 1 N–H and O–H groups in total. The number of halogens is 3. The van der Waals surface area contributed by atoms with Crippen molar-refractivity contribution in [2.45, 2.75) is 32.4 Å². The van der Waals surface area contributed by atoms with E-state index < -0.39 is 18.3 Å². The minimum atomic E-state index is -4.76. The highest BCUT2D eigenvalue weighted by Crippen LogP contribution is 2.22. The Balaban J connectivity index is 1.61. The molecule has 6 nitrogen and oxygen atoms in total. The van der Waals surface area contributed by atoms with E-state index in [1.165, 1.54) is 29.2 Å². The van der Waals surface area contributed by atoms with Crippen LogP contribution in [-0.4, -0.2) is 42.3 Å². The molecule has 1 aliphatic rings. The summed E-state index contributed by atoms with van der Waals surface area (Å²) in [5.41, 5.74) is 2.58. The van der Waals surface area contributed by atoms with Crippen molar-refractivity contribution in [3.05, 3.63) is 65.2 Å². The molecule has 0 spiro atoms. The number of nitrogens with one attached hydrogen (secondary N) is 1. The normalized spacial score (nSPS) is 17.0. The van der Waals surface area contributed by atoms with Crippen LogP contribution in [0, 0.1) is 6.92 Å². The fourth-order valence-electron chi connectivity index (χ4n) is 3.03. The lowest BCUT2D eigenvalue weighted by Gasteiger charge is -2.34. The van der Waals surface area contributed by atoms with Gasteiger partial charge in [-0.25, -0.2) is 0 Å². The predicted molar refractivity (Wildman–Crippen MR) is 101 cm³/mol. The Hall–Kier alpha value is -3.07. The van der Waals surface area contributed by atoms with E-state index in [0.717, 1.165) is 11.1 Å². The number of nitrogens with zero attached hydrogens (tertiary/aromatic N) is 1. The third-order valence-corrected chi connectivity index (χ3v) is 4.60. The number of aryl methyl sites for hydroxylation is 1. The maximum atomic E-state index is 12.7. The van der Waals surface area contributed by atoms with Gasteiger partial charge >= 0.3 is 6.36 Å². The second-order valence-corrected chi connectivity index (χ2v) is 6.95. The van der Waals surface area contributed by atoms with Crippen molar-refractivity contribution in [3.63, 3.8) is 0 Å². The highest BCUT2D eigenvalue weighted by molar-refractivity contribution is 5.89. The summed E-state index contributed by atoms with van der Waals surface area (Å²) in [7, 11) is 0. The lowest BCUT2D eigenvalue weighted by atomic mass is 10.1. The second-order valence-electron chi connectivity index (χ2n) is 6.95. The monoisotopic (exact) mass is 422 g/mol. The minimum absolute atomic E-state index is 0.0712. The summed E-state index contributed by atoms with van der Waals surface area (Å²) < 4.78 is 45.7. The average molecular weight is 422 g/mol. The van der Waals surface area contributed by atoms with Crippen LogP contribution in [0.25, 0.3) is 0 Å². The first-order chi connectivity index (χ1) is 14.2. The number of carbonyl (C=O) groups is 2. The van der Waals surface area contributed by atoms with Crippen LogP contribution in [0.1, 0.15) is 16.7 Å². The summed E-state index contributed by atoms with van der Waals surface area (Å²) in [5.74, 6) is -1.02. The van der Waals surface area contributed by atoms with Crippen molar-refractivity contribution in [2.24, 2.45) is 0 Å². The number of amides is 2. The molecule has 3 rings (SSSR count). The molecule has 0 unspecified atom stereocenters. The maximum absolute atomic E-state index is 12.7. The first kappa shape index (κ1) is 21.6. The van der Waals surface area contributed by atoms with E-state index in [0.29, 0.717) is 5.56 Å². The molecule has 0 aliphatic carbocycles. The second kappa shape index (κ2) is 9.17. The quantitative estimate of drug-likeness (QED) is 0.778. The van der Waals surface area contributed by atoms with Gasteiger partial charge in [-0.1, -0.05) is 42.0 Å². The largest absolute Gasteiger partial charge is 0.573 e. The van der Waals surface area contributed by atoms with Crippen molar-refractivity contribution in [1.29, 1.82) is 0 Å². The van der Waals surface area contributed by atoms with Gasteiger partial charge in [0, 0.05) is 13.1 Å². The van der Waals surface area contributed by atoms with Crippen LogP contribution < -0.4 is 10.1 Å². The van der Waals surface area contributed by atoms with Gasteiger partial charge in [0.25, 0.3) is 0 Å². The Kier molecular flexibility index (Phi) is 6.61. The number of rotatable bonds is 6. The van der Waals surface area contributed by atoms with Crippen LogP contribution in [-0.2, 0) is 27.4 Å². The summed E-state index contributed by atoms with van der Waals surface area (Å²) in [4.78, 5) is 26.5. The number of morpholine rings is 1. The van der Waals surface area contributed by atoms with Gasteiger partial charge in [0.2, 0.25) is 11.8 Å². The highest BCUT2D eigenvalue weighted by atomic mass is 19.4. The average Bonchev–Trinajstić information content (AvgIpc) is 2.69. The zero-order chi connectivity index (χ0) is 21.7. The molecule has 0 bridgehead atoms. The van der Waals surface area contributed by atoms with Crippen LogP contribution in [0.4, 0.5) is 13.2 Å². The molecule has 2 aromatic carbocycles. The lowest BCUT2D eigenvalue weighted by Crippen LogP contribution is -2.55. The van der Waals surface area contributed by atoms with Crippen LogP contribution in [0.15, 0.2) is 48.5 Å². The van der Waals surface area contributed by atoms with Gasteiger partial charge in [0.1, 0.15) is 18.4 Å². The number of alkyl halides is 3. The lowest BCUT2D eigenvalue weighted by molar-refractivity contribution is -0.274. The molecule has 30 heavy (non-hydrogen) atoms. The third kappa shape index (κ3) is 5.96. The fourth-order valence-corrected chi connectivity index (χ4v) is 3.03. The van der Waals surface area contributed by atoms with Crippen LogP contribution in [0.5, 0.6) is 5.75 Å². The molecule has 1 fully saturated rings. The van der Waals surface area contributed by atoms with E-state index >= 15 is 0 Å². The number of hydrogen-bond donors (Lipinski definition) is 1. The zero-order valence-electron chi connectivity index (χ0n) is 16.2. The van der Waals surface area contributed by atoms with E-state index in [-0.39, 0.29) is 38.0 Å². The molecule has 1 aliphatic heterocycles. The summed E-state index contributed by atoms with van der Waals surface area (Å²) in [6, 6.07) is 12.1. The minimum Gasteiger partial charge on any atom is -0.406 e. The molecule has 0 aromatic heterocycles. The molecule has 160 valence electrons. The highest BCUT2D eigenvalue weighted by Gasteiger charge is 2.34. The van der Waals surface area contributed by atoms with E-state index in [2.05, 4.69) is 10.1 Å². The van der Waals surface area contributed by atoms with Crippen LogP contribution in [0.2, 0.25) is 0 Å². The van der Waals surface area contributed by atoms with E-state index in [1.54, 1.807) is 0 Å². The van der Waals surface area contributed by atoms with Gasteiger partial charge in [-0.2, -0.15) is 0 Å². The predicted octanol–water partition coefficient (Wildman–Crippen LogP) is 2.94. The molecule has 9 heteroatoms. The molecular weight excluding hydrogens is 401 g/mol. The van der Waals surface area contributed by atoms with E-state index in [4.69, 9.17) is 4.74 Å². The molecule has 1 atom stereocenters. The Morgan fingerprint density at radius 3 is 2.40 bits per heavy atom. The number of benzene rings is 2. The first-order valence-corrected chi connectivity index (χ1v) is 9.26. The standard InChI is InChI=1S/C21H21F3N2O4/c1-14-2-4-16(5-3-14)11-26-18(12-29-13-19(26)27)20(28)25-10-15-6-8-17(9-7-15)30-21(22,23)24/h2-9,18H,10-13H2,1H3,(H,25,28)/t18-/m0/s1. The molecular formula is C21H21F3N2O4. The van der Waals surface area contributed by atoms with Gasteiger partial charge in [0.15, 0.2) is 0 Å². The Labute approximate surface area is 171 Å². The molecule has 0 radical (unpaired) electrons. The van der Waals surface area contributed by atoms with Gasteiger partial charge in [-0.05, 0) is 30.2 Å². The number of ether oxygens (including phenoxy) is 2. The first-order valence-electron chi connectivity index (χ1n) is 9.26. The van der Waals surface area contributed by atoms with Crippen LogP contribution in [0.3, 0.4) is 0 Å². The van der Waals surface area contributed by atoms with E-state index in [1.807, 2.05) is 31.2 Å². The molecule has 2 aromatic rings. The maximum Gasteiger partial charge on any atom is 0.573 e. The Morgan fingerprint density at radius 2 is 1.77 bits per heavy atom. The van der Waals surface area contributed by atoms with Gasteiger partial charge in [-0.15, -0.1) is 13.2 Å². The number of hydrogen-bond acceptors (Lipinski definition) is 4. The van der Waals surface area contributed by atoms with Crippen LogP contribution >= 0.6 is 0 Å². The van der Waals surface area contributed by atoms with Crippen molar-refractivity contribution in [1.82, 2.24) is 10.2 Å². The summed E-state index contributed by atoms with van der Waals surface area (Å²) in [6.07, 6.45) is -4.76. The van der Waals surface area contributed by atoms with Crippen molar-refractivity contribution in [3.8, 4) is 5.75 Å². The van der Waals surface area contributed by atoms with Crippen molar-refractivity contribution < 1.29 is 32.2 Å². The SMILES string of the molecule is Cc1ccc(CN2C(=O)COC[C@H]2C(=O)NCc2ccc(OC(F)(F)F)cc2)cc1. The summed E-state index contributed by atoms with van der Waals surface area (Å²) >= 11 is 0. The Morgan fingerprint density at radius 1 is 1.13 bits per heavy atom. The molecule has 2 amide bonds. The topological polar surface area (TPSA) is 67.9 Å². The van der Waals surface area contributed by atoms with Crippen molar-refractivity contribution in [2.75, 3.05) is 13.2 Å². The Bertz CT molecular complexity index is 883. The number of carbonyl (C=O) groups excluding carboxylic acids is 2.